The van der Waals surface area contributed by atoms with Gasteiger partial charge in [0, 0.05) is 25.3 Å². The van der Waals surface area contributed by atoms with Crippen molar-refractivity contribution in [1.29, 1.82) is 0 Å². The number of methoxy groups -OCH3 is 2. The van der Waals surface area contributed by atoms with Crippen molar-refractivity contribution in [3.8, 4) is 5.75 Å². The van der Waals surface area contributed by atoms with Crippen molar-refractivity contribution in [3.63, 3.8) is 0 Å². The zero-order valence-electron chi connectivity index (χ0n) is 11.5. The van der Waals surface area contributed by atoms with E-state index < -0.39 is 0 Å². The summed E-state index contributed by atoms with van der Waals surface area (Å²) in [7, 11) is 5.16. The number of rotatable bonds is 7. The molecule has 0 saturated carbocycles. The number of benzene rings is 1. The molecule has 2 atom stereocenters. The van der Waals surface area contributed by atoms with Crippen LogP contribution in [0.4, 0.5) is 4.39 Å². The van der Waals surface area contributed by atoms with E-state index in [1.54, 1.807) is 20.3 Å². The fourth-order valence-electron chi connectivity index (χ4n) is 2.13. The maximum atomic E-state index is 13.4. The van der Waals surface area contributed by atoms with Crippen LogP contribution in [0.5, 0.6) is 5.75 Å². The Kier molecular flexibility index (Phi) is 6.09. The summed E-state index contributed by atoms with van der Waals surface area (Å²) in [6.07, 6.45) is 0.865. The first-order chi connectivity index (χ1) is 8.62. The molecule has 0 bridgehead atoms. The standard InChI is InChI=1S/C14H22FNO2/c1-10(9-17-3)7-13(16-2)12-8-11(15)5-6-14(12)18-4/h5-6,8,10,13,16H,7,9H2,1-4H3. The van der Waals surface area contributed by atoms with Crippen molar-refractivity contribution in [2.24, 2.45) is 5.92 Å². The zero-order chi connectivity index (χ0) is 13.5. The number of hydrogen-bond donors (Lipinski definition) is 1. The summed E-state index contributed by atoms with van der Waals surface area (Å²) in [5.74, 6) is 0.853. The van der Waals surface area contributed by atoms with Crippen LogP contribution >= 0.6 is 0 Å². The average Bonchev–Trinajstić information content (AvgIpc) is 2.36. The molecule has 0 radical (unpaired) electrons. The molecule has 102 valence electrons. The number of ether oxygens (including phenoxy) is 2. The molecule has 1 N–H and O–H groups in total. The van der Waals surface area contributed by atoms with Gasteiger partial charge in [0.15, 0.2) is 0 Å². The van der Waals surface area contributed by atoms with E-state index in [1.807, 2.05) is 7.05 Å². The smallest absolute Gasteiger partial charge is 0.123 e. The maximum Gasteiger partial charge on any atom is 0.123 e. The highest BCUT2D eigenvalue weighted by molar-refractivity contribution is 5.36. The molecule has 0 saturated heterocycles. The number of hydrogen-bond acceptors (Lipinski definition) is 3. The Bertz CT molecular complexity index is 371. The molecular formula is C14H22FNO2. The topological polar surface area (TPSA) is 30.5 Å². The Balaban J connectivity index is 2.89. The molecule has 4 heteroatoms. The molecule has 0 aliphatic rings. The van der Waals surface area contributed by atoms with E-state index in [4.69, 9.17) is 9.47 Å². The van der Waals surface area contributed by atoms with Gasteiger partial charge in [0.2, 0.25) is 0 Å². The Morgan fingerprint density at radius 1 is 1.33 bits per heavy atom. The van der Waals surface area contributed by atoms with Crippen LogP contribution in [0.1, 0.15) is 24.9 Å². The molecule has 18 heavy (non-hydrogen) atoms. The molecule has 2 unspecified atom stereocenters. The first-order valence-corrected chi connectivity index (χ1v) is 6.12. The number of nitrogens with one attached hydrogen (secondary N) is 1. The van der Waals surface area contributed by atoms with Crippen LogP contribution in [0.15, 0.2) is 18.2 Å². The van der Waals surface area contributed by atoms with Crippen molar-refractivity contribution in [2.45, 2.75) is 19.4 Å². The van der Waals surface area contributed by atoms with Crippen LogP contribution in [0.2, 0.25) is 0 Å². The van der Waals surface area contributed by atoms with Crippen molar-refractivity contribution >= 4 is 0 Å². The van der Waals surface area contributed by atoms with Gasteiger partial charge in [0.1, 0.15) is 11.6 Å². The lowest BCUT2D eigenvalue weighted by Crippen LogP contribution is -2.21. The van der Waals surface area contributed by atoms with Crippen molar-refractivity contribution in [3.05, 3.63) is 29.6 Å². The summed E-state index contributed by atoms with van der Waals surface area (Å²) in [5.41, 5.74) is 0.850. The van der Waals surface area contributed by atoms with E-state index in [0.717, 1.165) is 12.0 Å². The maximum absolute atomic E-state index is 13.4. The fraction of sp³-hybridized carbons (Fsp3) is 0.571. The van der Waals surface area contributed by atoms with Crippen LogP contribution < -0.4 is 10.1 Å². The van der Waals surface area contributed by atoms with Crippen LogP contribution in [-0.4, -0.2) is 27.9 Å². The Morgan fingerprint density at radius 3 is 2.61 bits per heavy atom. The van der Waals surface area contributed by atoms with Gasteiger partial charge in [-0.1, -0.05) is 6.92 Å². The van der Waals surface area contributed by atoms with Gasteiger partial charge >= 0.3 is 0 Å². The zero-order valence-corrected chi connectivity index (χ0v) is 11.5. The van der Waals surface area contributed by atoms with Crippen molar-refractivity contribution in [1.82, 2.24) is 5.32 Å². The molecular weight excluding hydrogens is 233 g/mol. The third-order valence-electron chi connectivity index (χ3n) is 3.00. The molecule has 0 aliphatic carbocycles. The molecule has 0 aliphatic heterocycles. The minimum Gasteiger partial charge on any atom is -0.496 e. The van der Waals surface area contributed by atoms with Gasteiger partial charge in [-0.25, -0.2) is 4.39 Å². The van der Waals surface area contributed by atoms with Gasteiger partial charge in [0.05, 0.1) is 7.11 Å². The summed E-state index contributed by atoms with van der Waals surface area (Å²) in [4.78, 5) is 0. The second-order valence-corrected chi connectivity index (χ2v) is 4.52. The van der Waals surface area contributed by atoms with E-state index in [2.05, 4.69) is 12.2 Å². The Labute approximate surface area is 108 Å². The van der Waals surface area contributed by atoms with Crippen LogP contribution in [-0.2, 0) is 4.74 Å². The average molecular weight is 255 g/mol. The molecule has 1 aromatic carbocycles. The molecule has 1 rings (SSSR count). The van der Waals surface area contributed by atoms with Crippen LogP contribution in [0.3, 0.4) is 0 Å². The molecule has 0 spiro atoms. The highest BCUT2D eigenvalue weighted by atomic mass is 19.1. The van der Waals surface area contributed by atoms with Crippen LogP contribution in [0, 0.1) is 11.7 Å². The lowest BCUT2D eigenvalue weighted by molar-refractivity contribution is 0.149. The quantitative estimate of drug-likeness (QED) is 0.812. The summed E-state index contributed by atoms with van der Waals surface area (Å²) in [5, 5.41) is 3.21. The monoisotopic (exact) mass is 255 g/mol. The third-order valence-corrected chi connectivity index (χ3v) is 3.00. The Hall–Kier alpha value is -1.13. The first kappa shape index (κ1) is 14.9. The molecule has 1 aromatic rings. The summed E-state index contributed by atoms with van der Waals surface area (Å²) in [6, 6.07) is 4.66. The number of halogens is 1. The van der Waals surface area contributed by atoms with E-state index in [0.29, 0.717) is 18.3 Å². The lowest BCUT2D eigenvalue weighted by Gasteiger charge is -2.22. The summed E-state index contributed by atoms with van der Waals surface area (Å²) in [6.45, 7) is 2.80. The highest BCUT2D eigenvalue weighted by Crippen LogP contribution is 2.30. The molecule has 3 nitrogen and oxygen atoms in total. The van der Waals surface area contributed by atoms with Crippen molar-refractivity contribution < 1.29 is 13.9 Å². The van der Waals surface area contributed by atoms with Crippen LogP contribution in [0.25, 0.3) is 0 Å². The predicted octanol–water partition coefficient (Wildman–Crippen LogP) is 2.77. The minimum absolute atomic E-state index is 0.0563. The van der Waals surface area contributed by atoms with Gasteiger partial charge in [0.25, 0.3) is 0 Å². The Morgan fingerprint density at radius 2 is 2.06 bits per heavy atom. The molecule has 0 fully saturated rings. The van der Waals surface area contributed by atoms with Gasteiger partial charge in [-0.15, -0.1) is 0 Å². The van der Waals surface area contributed by atoms with E-state index in [-0.39, 0.29) is 11.9 Å². The normalized spacial score (nSPS) is 14.3. The largest absolute Gasteiger partial charge is 0.496 e. The molecule has 0 aromatic heterocycles. The van der Waals surface area contributed by atoms with Gasteiger partial charge < -0.3 is 14.8 Å². The molecule has 0 heterocycles. The highest BCUT2D eigenvalue weighted by Gasteiger charge is 2.18. The van der Waals surface area contributed by atoms with E-state index in [1.165, 1.54) is 12.1 Å². The van der Waals surface area contributed by atoms with E-state index >= 15 is 0 Å². The minimum atomic E-state index is -0.245. The first-order valence-electron chi connectivity index (χ1n) is 6.12. The second kappa shape index (κ2) is 7.34. The fourth-order valence-corrected chi connectivity index (χ4v) is 2.13. The predicted molar refractivity (Wildman–Crippen MR) is 70.4 cm³/mol. The van der Waals surface area contributed by atoms with Crippen molar-refractivity contribution in [2.75, 3.05) is 27.9 Å². The lowest BCUT2D eigenvalue weighted by atomic mass is 9.95. The second-order valence-electron chi connectivity index (χ2n) is 4.52. The summed E-state index contributed by atoms with van der Waals surface area (Å²) < 4.78 is 23.8. The van der Waals surface area contributed by atoms with E-state index in [9.17, 15) is 4.39 Å². The SMILES string of the molecule is CNC(CC(C)COC)c1cc(F)ccc1OC. The molecule has 0 amide bonds. The van der Waals surface area contributed by atoms with Gasteiger partial charge in [-0.05, 0) is 37.6 Å². The van der Waals surface area contributed by atoms with Gasteiger partial charge in [-0.2, -0.15) is 0 Å². The summed E-state index contributed by atoms with van der Waals surface area (Å²) >= 11 is 0. The third kappa shape index (κ3) is 3.96. The van der Waals surface area contributed by atoms with Gasteiger partial charge in [-0.3, -0.25) is 0 Å².